The summed E-state index contributed by atoms with van der Waals surface area (Å²) in [6.07, 6.45) is 3.90. The summed E-state index contributed by atoms with van der Waals surface area (Å²) in [7, 11) is 0. The van der Waals surface area contributed by atoms with Gasteiger partial charge in [0.1, 0.15) is 0 Å². The summed E-state index contributed by atoms with van der Waals surface area (Å²) in [5, 5.41) is 3.58. The van der Waals surface area contributed by atoms with Gasteiger partial charge in [0, 0.05) is 12.3 Å². The van der Waals surface area contributed by atoms with Crippen LogP contribution in [0.15, 0.2) is 36.5 Å². The van der Waals surface area contributed by atoms with Gasteiger partial charge in [-0.15, -0.1) is 0 Å². The van der Waals surface area contributed by atoms with E-state index in [-0.39, 0.29) is 10.8 Å². The number of hydrogen-bond donors (Lipinski definition) is 1. The Morgan fingerprint density at radius 2 is 1.92 bits per heavy atom. The Labute approximate surface area is 163 Å². The second-order valence-electron chi connectivity index (χ2n) is 4.62. The fraction of sp³-hybridized carbons (Fsp3) is 0.0625. The number of benzene rings is 1. The molecule has 1 aromatic carbocycles. The SMILES string of the molecule is O=C(COC(=O)/C=C/c1cccc(Cl)c1Cl)Nc1ncc(Cl)cc1Cl. The number of amides is 1. The van der Waals surface area contributed by atoms with Gasteiger partial charge in [-0.2, -0.15) is 0 Å². The second kappa shape index (κ2) is 9.06. The lowest BCUT2D eigenvalue weighted by atomic mass is 10.2. The summed E-state index contributed by atoms with van der Waals surface area (Å²) < 4.78 is 4.82. The first-order valence-electron chi connectivity index (χ1n) is 6.76. The molecule has 0 fully saturated rings. The number of rotatable bonds is 5. The van der Waals surface area contributed by atoms with Crippen molar-refractivity contribution in [2.24, 2.45) is 0 Å². The minimum absolute atomic E-state index is 0.119. The van der Waals surface area contributed by atoms with Crippen LogP contribution in [0.1, 0.15) is 5.56 Å². The molecule has 25 heavy (non-hydrogen) atoms. The standard InChI is InChI=1S/C16H10Cl4N2O3/c17-10-6-12(19)16(21-7-10)22-13(23)8-25-14(24)5-4-9-2-1-3-11(18)15(9)20/h1-7H,8H2,(H,21,22,23)/b5-4+. The molecule has 2 rings (SSSR count). The maximum absolute atomic E-state index is 11.7. The van der Waals surface area contributed by atoms with Gasteiger partial charge < -0.3 is 10.1 Å². The molecule has 1 N–H and O–H groups in total. The van der Waals surface area contributed by atoms with Crippen LogP contribution in [0.25, 0.3) is 6.08 Å². The molecule has 0 unspecified atom stereocenters. The van der Waals surface area contributed by atoms with Gasteiger partial charge in [0.05, 0.1) is 20.1 Å². The quantitative estimate of drug-likeness (QED) is 0.553. The Kier molecular flexibility index (Phi) is 7.08. The zero-order valence-corrected chi connectivity index (χ0v) is 15.5. The van der Waals surface area contributed by atoms with Crippen molar-refractivity contribution in [2.45, 2.75) is 0 Å². The molecule has 5 nitrogen and oxygen atoms in total. The van der Waals surface area contributed by atoms with Crippen LogP contribution >= 0.6 is 46.4 Å². The average molecular weight is 420 g/mol. The molecule has 0 aliphatic rings. The Hall–Kier alpha value is -1.79. The van der Waals surface area contributed by atoms with E-state index in [1.165, 1.54) is 18.3 Å². The number of carbonyl (C=O) groups excluding carboxylic acids is 2. The lowest BCUT2D eigenvalue weighted by Crippen LogP contribution is -2.20. The summed E-state index contributed by atoms with van der Waals surface area (Å²) >= 11 is 23.4. The Morgan fingerprint density at radius 1 is 1.16 bits per heavy atom. The first-order chi connectivity index (χ1) is 11.9. The minimum atomic E-state index is -0.721. The smallest absolute Gasteiger partial charge is 0.331 e. The predicted octanol–water partition coefficient (Wildman–Crippen LogP) is 4.89. The predicted molar refractivity (Wildman–Crippen MR) is 99.3 cm³/mol. The number of ether oxygens (including phenoxy) is 1. The monoisotopic (exact) mass is 418 g/mol. The number of carbonyl (C=O) groups is 2. The van der Waals surface area contributed by atoms with Crippen LogP contribution in [-0.4, -0.2) is 23.5 Å². The van der Waals surface area contributed by atoms with Gasteiger partial charge in [-0.1, -0.05) is 58.5 Å². The number of nitrogens with one attached hydrogen (secondary N) is 1. The van der Waals surface area contributed by atoms with Crippen LogP contribution in [0.2, 0.25) is 20.1 Å². The van der Waals surface area contributed by atoms with E-state index in [1.54, 1.807) is 18.2 Å². The van der Waals surface area contributed by atoms with Gasteiger partial charge in [0.25, 0.3) is 5.91 Å². The van der Waals surface area contributed by atoms with E-state index in [2.05, 4.69) is 10.3 Å². The van der Waals surface area contributed by atoms with Crippen molar-refractivity contribution >= 4 is 70.2 Å². The maximum atomic E-state index is 11.7. The Balaban J connectivity index is 1.88. The molecule has 0 bridgehead atoms. The molecule has 0 aliphatic carbocycles. The normalized spacial score (nSPS) is 10.7. The molecular weight excluding hydrogens is 410 g/mol. The highest BCUT2D eigenvalue weighted by atomic mass is 35.5. The third-order valence-corrected chi connectivity index (χ3v) is 4.12. The molecule has 0 atom stereocenters. The van der Waals surface area contributed by atoms with Gasteiger partial charge in [-0.3, -0.25) is 4.79 Å². The van der Waals surface area contributed by atoms with Crippen LogP contribution in [0.3, 0.4) is 0 Å². The number of nitrogens with zero attached hydrogens (tertiary/aromatic N) is 1. The first kappa shape index (κ1) is 19.5. The third kappa shape index (κ3) is 5.90. The maximum Gasteiger partial charge on any atom is 0.331 e. The molecular formula is C16H10Cl4N2O3. The summed E-state index contributed by atoms with van der Waals surface area (Å²) in [5.41, 5.74) is 0.549. The topological polar surface area (TPSA) is 68.3 Å². The zero-order chi connectivity index (χ0) is 18.4. The van der Waals surface area contributed by atoms with Crippen molar-refractivity contribution in [3.05, 3.63) is 62.2 Å². The molecule has 1 aromatic heterocycles. The highest BCUT2D eigenvalue weighted by Crippen LogP contribution is 2.26. The summed E-state index contributed by atoms with van der Waals surface area (Å²) in [5.74, 6) is -1.20. The molecule has 130 valence electrons. The molecule has 1 heterocycles. The van der Waals surface area contributed by atoms with E-state index in [0.29, 0.717) is 20.6 Å². The number of aromatic nitrogens is 1. The molecule has 0 saturated heterocycles. The van der Waals surface area contributed by atoms with Crippen molar-refractivity contribution in [3.63, 3.8) is 0 Å². The van der Waals surface area contributed by atoms with Crippen LogP contribution in [-0.2, 0) is 14.3 Å². The Morgan fingerprint density at radius 3 is 2.64 bits per heavy atom. The van der Waals surface area contributed by atoms with Crippen molar-refractivity contribution in [1.82, 2.24) is 4.98 Å². The van der Waals surface area contributed by atoms with E-state index in [0.717, 1.165) is 6.08 Å². The summed E-state index contributed by atoms with van der Waals surface area (Å²) in [6, 6.07) is 6.42. The van der Waals surface area contributed by atoms with E-state index < -0.39 is 18.5 Å². The van der Waals surface area contributed by atoms with Crippen molar-refractivity contribution < 1.29 is 14.3 Å². The molecule has 0 saturated carbocycles. The number of halogens is 4. The molecule has 2 aromatic rings. The highest BCUT2D eigenvalue weighted by molar-refractivity contribution is 6.43. The summed E-state index contributed by atoms with van der Waals surface area (Å²) in [6.45, 7) is -0.507. The fourth-order valence-electron chi connectivity index (χ4n) is 1.67. The number of hydrogen-bond acceptors (Lipinski definition) is 4. The molecule has 0 spiro atoms. The van der Waals surface area contributed by atoms with Crippen molar-refractivity contribution in [3.8, 4) is 0 Å². The van der Waals surface area contributed by atoms with Crippen molar-refractivity contribution in [1.29, 1.82) is 0 Å². The molecule has 0 radical (unpaired) electrons. The fourth-order valence-corrected chi connectivity index (χ4v) is 2.46. The zero-order valence-electron chi connectivity index (χ0n) is 12.4. The molecule has 0 aliphatic heterocycles. The van der Waals surface area contributed by atoms with E-state index >= 15 is 0 Å². The first-order valence-corrected chi connectivity index (χ1v) is 8.27. The lowest BCUT2D eigenvalue weighted by molar-refractivity contribution is -0.142. The molecule has 9 heteroatoms. The van der Waals surface area contributed by atoms with E-state index in [1.807, 2.05) is 0 Å². The van der Waals surface area contributed by atoms with Crippen LogP contribution < -0.4 is 5.32 Å². The lowest BCUT2D eigenvalue weighted by Gasteiger charge is -2.06. The van der Waals surface area contributed by atoms with Crippen LogP contribution in [0.4, 0.5) is 5.82 Å². The van der Waals surface area contributed by atoms with Crippen molar-refractivity contribution in [2.75, 3.05) is 11.9 Å². The second-order valence-corrected chi connectivity index (χ2v) is 6.25. The largest absolute Gasteiger partial charge is 0.452 e. The van der Waals surface area contributed by atoms with Gasteiger partial charge in [0.2, 0.25) is 0 Å². The van der Waals surface area contributed by atoms with Gasteiger partial charge in [-0.25, -0.2) is 9.78 Å². The Bertz CT molecular complexity index is 840. The van der Waals surface area contributed by atoms with Gasteiger partial charge >= 0.3 is 5.97 Å². The molecule has 1 amide bonds. The summed E-state index contributed by atoms with van der Waals surface area (Å²) in [4.78, 5) is 27.3. The highest BCUT2D eigenvalue weighted by Gasteiger charge is 2.10. The van der Waals surface area contributed by atoms with Crippen LogP contribution in [0, 0.1) is 0 Å². The van der Waals surface area contributed by atoms with Gasteiger partial charge in [0.15, 0.2) is 12.4 Å². The van der Waals surface area contributed by atoms with E-state index in [4.69, 9.17) is 51.1 Å². The number of pyridine rings is 1. The number of anilines is 1. The number of esters is 1. The van der Waals surface area contributed by atoms with Gasteiger partial charge in [-0.05, 0) is 23.8 Å². The average Bonchev–Trinajstić information content (AvgIpc) is 2.57. The third-order valence-electron chi connectivity index (χ3n) is 2.79. The minimum Gasteiger partial charge on any atom is -0.452 e. The van der Waals surface area contributed by atoms with E-state index in [9.17, 15) is 9.59 Å². The van der Waals surface area contributed by atoms with Crippen LogP contribution in [0.5, 0.6) is 0 Å².